The molecule has 2 N–H and O–H groups in total. The summed E-state index contributed by atoms with van der Waals surface area (Å²) in [6, 6.07) is 15.2. The van der Waals surface area contributed by atoms with Crippen molar-refractivity contribution in [2.24, 2.45) is 0 Å². The average Bonchev–Trinajstić information content (AvgIpc) is 2.92. The summed E-state index contributed by atoms with van der Waals surface area (Å²) in [5.41, 5.74) is 2.56. The molecule has 0 bridgehead atoms. The fraction of sp³-hybridized carbons (Fsp3) is 0.300. The topological polar surface area (TPSA) is 53.6 Å². The van der Waals surface area contributed by atoms with E-state index in [2.05, 4.69) is 22.1 Å². The van der Waals surface area contributed by atoms with Gasteiger partial charge in [-0.3, -0.25) is 4.79 Å². The number of amides is 1. The van der Waals surface area contributed by atoms with Gasteiger partial charge in [-0.15, -0.1) is 0 Å². The second-order valence-corrected chi connectivity index (χ2v) is 11.8. The quantitative estimate of drug-likeness (QED) is 0.279. The zero-order valence-electron chi connectivity index (χ0n) is 21.6. The lowest BCUT2D eigenvalue weighted by Gasteiger charge is -2.46. The molecule has 0 radical (unpaired) electrons. The maximum Gasteiger partial charge on any atom is 0.227 e. The van der Waals surface area contributed by atoms with Crippen molar-refractivity contribution >= 4 is 58.0 Å². The van der Waals surface area contributed by atoms with Crippen LogP contribution >= 0.6 is 46.4 Å². The van der Waals surface area contributed by atoms with Crippen LogP contribution in [0.1, 0.15) is 41.9 Å². The van der Waals surface area contributed by atoms with E-state index in [1.165, 1.54) is 6.07 Å². The Morgan fingerprint density at radius 3 is 2.52 bits per heavy atom. The Morgan fingerprint density at radius 2 is 1.80 bits per heavy atom. The van der Waals surface area contributed by atoms with E-state index in [1.54, 1.807) is 42.5 Å². The number of piperidine rings is 1. The first-order valence-corrected chi connectivity index (χ1v) is 14.5. The number of ether oxygens (including phenoxy) is 1. The van der Waals surface area contributed by atoms with Gasteiger partial charge in [0.05, 0.1) is 16.0 Å². The molecule has 10 heteroatoms. The molecule has 1 amide bonds. The molecule has 5 nitrogen and oxygen atoms in total. The van der Waals surface area contributed by atoms with Gasteiger partial charge in [0.2, 0.25) is 5.91 Å². The zero-order valence-corrected chi connectivity index (χ0v) is 24.6. The van der Waals surface area contributed by atoms with Crippen molar-refractivity contribution < 1.29 is 13.9 Å². The Morgan fingerprint density at radius 1 is 1.02 bits per heavy atom. The molecule has 2 heterocycles. The van der Waals surface area contributed by atoms with Crippen LogP contribution in [0, 0.1) is 5.82 Å². The first kappa shape index (κ1) is 29.0. The number of anilines is 1. The van der Waals surface area contributed by atoms with Crippen LogP contribution in [-0.4, -0.2) is 30.4 Å². The van der Waals surface area contributed by atoms with Gasteiger partial charge in [0.15, 0.2) is 5.88 Å². The summed E-state index contributed by atoms with van der Waals surface area (Å²) in [5, 5.41) is 7.97. The smallest absolute Gasteiger partial charge is 0.227 e. The summed E-state index contributed by atoms with van der Waals surface area (Å²) in [6.07, 6.45) is 1.90. The third kappa shape index (κ3) is 6.37. The summed E-state index contributed by atoms with van der Waals surface area (Å²) in [5.74, 6) is -0.430. The molecule has 1 saturated heterocycles. The molecule has 0 saturated carbocycles. The Labute approximate surface area is 253 Å². The van der Waals surface area contributed by atoms with E-state index < -0.39 is 11.5 Å². The Kier molecular flexibility index (Phi) is 8.83. The van der Waals surface area contributed by atoms with Gasteiger partial charge < -0.3 is 20.3 Å². The fourth-order valence-corrected chi connectivity index (χ4v) is 6.22. The highest BCUT2D eigenvalue weighted by atomic mass is 35.5. The molecule has 1 fully saturated rings. The molecule has 1 unspecified atom stereocenters. The van der Waals surface area contributed by atoms with Gasteiger partial charge >= 0.3 is 0 Å². The summed E-state index contributed by atoms with van der Waals surface area (Å²) in [4.78, 5) is 15.8. The molecule has 40 heavy (non-hydrogen) atoms. The SMILES string of the molecule is C=C1Nc2ccc(F)cc2C2(CCN(CCC(C(=O)NCc3ccc(Cl)cc3Cl)c3ccc(Cl)c(Cl)c3)CC2)O1. The number of fused-ring (bicyclic) bond motifs is 2. The summed E-state index contributed by atoms with van der Waals surface area (Å²) in [6.45, 7) is 6.34. The first-order chi connectivity index (χ1) is 19.1. The van der Waals surface area contributed by atoms with Crippen LogP contribution in [0.3, 0.4) is 0 Å². The number of benzene rings is 3. The van der Waals surface area contributed by atoms with E-state index >= 15 is 0 Å². The minimum absolute atomic E-state index is 0.139. The second kappa shape index (κ2) is 12.2. The van der Waals surface area contributed by atoms with Crippen LogP contribution in [0.4, 0.5) is 10.1 Å². The lowest BCUT2D eigenvalue weighted by molar-refractivity contribution is -0.123. The minimum atomic E-state index is -0.630. The van der Waals surface area contributed by atoms with Crippen molar-refractivity contribution in [2.45, 2.75) is 37.3 Å². The van der Waals surface area contributed by atoms with Gasteiger partial charge in [0, 0.05) is 53.8 Å². The van der Waals surface area contributed by atoms with Crippen molar-refractivity contribution in [2.75, 3.05) is 25.0 Å². The Hall–Kier alpha value is -2.48. The van der Waals surface area contributed by atoms with Gasteiger partial charge in [-0.25, -0.2) is 4.39 Å². The van der Waals surface area contributed by atoms with Gasteiger partial charge in [-0.2, -0.15) is 0 Å². The van der Waals surface area contributed by atoms with Crippen LogP contribution in [-0.2, 0) is 21.7 Å². The number of carbonyl (C=O) groups excluding carboxylic acids is 1. The Bertz CT molecular complexity index is 1440. The number of hydrogen-bond donors (Lipinski definition) is 2. The van der Waals surface area contributed by atoms with Crippen molar-refractivity contribution in [1.29, 1.82) is 0 Å². The molecule has 0 aromatic heterocycles. The minimum Gasteiger partial charge on any atom is -0.468 e. The third-order valence-corrected chi connectivity index (χ3v) is 8.92. The van der Waals surface area contributed by atoms with Gasteiger partial charge in [-0.05, 0) is 73.1 Å². The standard InChI is InChI=1S/C30H28Cl4FN3O2/c1-18-37-28-7-5-22(35)16-24(28)30(40-18)9-12-38(13-10-30)11-8-23(19-3-6-25(32)27(34)14-19)29(39)36-17-20-2-4-21(31)15-26(20)33/h2-7,14-16,23,37H,1,8-13,17H2,(H,36,39). The fourth-order valence-electron chi connectivity index (χ4n) is 5.44. The number of nitrogens with zero attached hydrogens (tertiary/aromatic N) is 1. The molecule has 2 aliphatic rings. The van der Waals surface area contributed by atoms with E-state index in [0.29, 0.717) is 51.8 Å². The molecule has 210 valence electrons. The highest BCUT2D eigenvalue weighted by molar-refractivity contribution is 6.42. The van der Waals surface area contributed by atoms with Crippen LogP contribution in [0.2, 0.25) is 20.1 Å². The second-order valence-electron chi connectivity index (χ2n) is 10.1. The maximum atomic E-state index is 14.1. The highest BCUT2D eigenvalue weighted by Gasteiger charge is 2.43. The van der Waals surface area contributed by atoms with E-state index in [4.69, 9.17) is 51.1 Å². The zero-order chi connectivity index (χ0) is 28.4. The van der Waals surface area contributed by atoms with Gasteiger partial charge in [0.25, 0.3) is 0 Å². The van der Waals surface area contributed by atoms with Crippen molar-refractivity contribution in [3.63, 3.8) is 0 Å². The van der Waals surface area contributed by atoms with Gasteiger partial charge in [-0.1, -0.05) is 58.5 Å². The molecule has 3 aromatic rings. The normalized spacial score (nSPS) is 17.1. The molecule has 2 aliphatic heterocycles. The molecule has 1 spiro atoms. The van der Waals surface area contributed by atoms with E-state index in [9.17, 15) is 9.18 Å². The van der Waals surface area contributed by atoms with Crippen LogP contribution in [0.5, 0.6) is 0 Å². The predicted octanol–water partition coefficient (Wildman–Crippen LogP) is 8.13. The number of likely N-dealkylation sites (tertiary alicyclic amines) is 1. The van der Waals surface area contributed by atoms with E-state index in [0.717, 1.165) is 35.5 Å². The number of rotatable bonds is 7. The molecule has 3 aromatic carbocycles. The predicted molar refractivity (Wildman–Crippen MR) is 160 cm³/mol. The van der Waals surface area contributed by atoms with E-state index in [-0.39, 0.29) is 18.3 Å². The number of halogens is 5. The van der Waals surface area contributed by atoms with Crippen molar-refractivity contribution in [1.82, 2.24) is 10.2 Å². The molecular formula is C30H28Cl4FN3O2. The number of hydrogen-bond acceptors (Lipinski definition) is 4. The largest absolute Gasteiger partial charge is 0.468 e. The summed E-state index contributed by atoms with van der Waals surface area (Å²) >= 11 is 24.8. The molecule has 0 aliphatic carbocycles. The van der Waals surface area contributed by atoms with Crippen molar-refractivity contribution in [3.05, 3.63) is 110 Å². The lowest BCUT2D eigenvalue weighted by atomic mass is 9.82. The van der Waals surface area contributed by atoms with Gasteiger partial charge in [0.1, 0.15) is 11.4 Å². The van der Waals surface area contributed by atoms with E-state index in [1.807, 2.05) is 6.07 Å². The number of nitrogens with one attached hydrogen (secondary N) is 2. The maximum absolute atomic E-state index is 14.1. The highest BCUT2D eigenvalue weighted by Crippen LogP contribution is 2.45. The third-order valence-electron chi connectivity index (χ3n) is 7.59. The number of carbonyl (C=O) groups is 1. The summed E-state index contributed by atoms with van der Waals surface area (Å²) < 4.78 is 20.3. The first-order valence-electron chi connectivity index (χ1n) is 13.0. The lowest BCUT2D eigenvalue weighted by Crippen LogP contribution is -2.47. The van der Waals surface area contributed by atoms with Crippen LogP contribution < -0.4 is 10.6 Å². The summed E-state index contributed by atoms with van der Waals surface area (Å²) in [7, 11) is 0. The average molecular weight is 623 g/mol. The molecular weight excluding hydrogens is 595 g/mol. The van der Waals surface area contributed by atoms with Crippen molar-refractivity contribution in [3.8, 4) is 0 Å². The van der Waals surface area contributed by atoms with Crippen LogP contribution in [0.25, 0.3) is 0 Å². The molecule has 5 rings (SSSR count). The molecule has 1 atom stereocenters. The Balaban J connectivity index is 1.27. The van der Waals surface area contributed by atoms with Crippen LogP contribution in [0.15, 0.2) is 67.1 Å². The monoisotopic (exact) mass is 621 g/mol.